The van der Waals surface area contributed by atoms with Crippen molar-refractivity contribution in [3.63, 3.8) is 0 Å². The Labute approximate surface area is 130 Å². The highest BCUT2D eigenvalue weighted by molar-refractivity contribution is 6.30. The first-order chi connectivity index (χ1) is 10.1. The van der Waals surface area contributed by atoms with Crippen LogP contribution in [0.2, 0.25) is 5.02 Å². The number of rotatable bonds is 6. The molecule has 0 fully saturated rings. The second-order valence-electron chi connectivity index (χ2n) is 5.06. The van der Waals surface area contributed by atoms with Gasteiger partial charge in [-0.25, -0.2) is 4.39 Å². The Morgan fingerprint density at radius 1 is 1.38 bits per heavy atom. The zero-order chi connectivity index (χ0) is 15.4. The van der Waals surface area contributed by atoms with E-state index in [-0.39, 0.29) is 16.9 Å². The van der Waals surface area contributed by atoms with Gasteiger partial charge in [-0.05, 0) is 25.1 Å². The molecule has 0 spiro atoms. The van der Waals surface area contributed by atoms with Crippen LogP contribution in [0.1, 0.15) is 36.8 Å². The van der Waals surface area contributed by atoms with Crippen LogP contribution in [0.4, 0.5) is 4.39 Å². The van der Waals surface area contributed by atoms with Crippen molar-refractivity contribution in [3.05, 3.63) is 52.1 Å². The molecule has 1 N–H and O–H groups in total. The summed E-state index contributed by atoms with van der Waals surface area (Å²) >= 11 is 5.90. The molecule has 0 aliphatic rings. The molecule has 0 aliphatic heterocycles. The molecule has 1 aromatic heterocycles. The quantitative estimate of drug-likeness (QED) is 0.882. The highest BCUT2D eigenvalue weighted by atomic mass is 35.5. The van der Waals surface area contributed by atoms with Gasteiger partial charge < -0.3 is 5.32 Å². The van der Waals surface area contributed by atoms with Crippen LogP contribution in [0, 0.1) is 5.82 Å². The molecular weight excluding hydrogens is 289 g/mol. The molecule has 1 heterocycles. The standard InChI is InChI=1S/C16H21ClFN3/c1-4-11-9-12(21(3)20-11)10-15(19-5-2)13-7-6-8-14(17)16(13)18/h6-9,15,19H,4-5,10H2,1-3H3. The molecule has 1 aromatic carbocycles. The van der Waals surface area contributed by atoms with Gasteiger partial charge in [0.25, 0.3) is 0 Å². The minimum Gasteiger partial charge on any atom is -0.310 e. The molecule has 1 atom stereocenters. The average molecular weight is 310 g/mol. The Bertz CT molecular complexity index is 610. The Balaban J connectivity index is 2.30. The molecule has 21 heavy (non-hydrogen) atoms. The highest BCUT2D eigenvalue weighted by Crippen LogP contribution is 2.26. The van der Waals surface area contributed by atoms with Crippen molar-refractivity contribution < 1.29 is 4.39 Å². The summed E-state index contributed by atoms with van der Waals surface area (Å²) in [4.78, 5) is 0. The zero-order valence-electron chi connectivity index (χ0n) is 12.7. The van der Waals surface area contributed by atoms with Crippen molar-refractivity contribution in [1.29, 1.82) is 0 Å². The molecule has 0 aliphatic carbocycles. The zero-order valence-corrected chi connectivity index (χ0v) is 13.4. The summed E-state index contributed by atoms with van der Waals surface area (Å²) in [5.41, 5.74) is 2.73. The lowest BCUT2D eigenvalue weighted by molar-refractivity contribution is 0.497. The van der Waals surface area contributed by atoms with Crippen molar-refractivity contribution >= 4 is 11.6 Å². The fourth-order valence-electron chi connectivity index (χ4n) is 2.47. The largest absolute Gasteiger partial charge is 0.310 e. The minimum absolute atomic E-state index is 0.117. The predicted molar refractivity (Wildman–Crippen MR) is 84.1 cm³/mol. The number of nitrogens with one attached hydrogen (secondary N) is 1. The number of likely N-dealkylation sites (N-methyl/N-ethyl adjacent to an activating group) is 1. The van der Waals surface area contributed by atoms with Gasteiger partial charge in [0.1, 0.15) is 5.82 Å². The number of hydrogen-bond acceptors (Lipinski definition) is 2. The van der Waals surface area contributed by atoms with E-state index in [1.54, 1.807) is 18.2 Å². The fourth-order valence-corrected chi connectivity index (χ4v) is 2.65. The van der Waals surface area contributed by atoms with E-state index in [0.29, 0.717) is 12.0 Å². The molecule has 3 nitrogen and oxygen atoms in total. The van der Waals surface area contributed by atoms with E-state index in [2.05, 4.69) is 23.4 Å². The second-order valence-corrected chi connectivity index (χ2v) is 5.47. The van der Waals surface area contributed by atoms with Gasteiger partial charge in [-0.2, -0.15) is 5.10 Å². The smallest absolute Gasteiger partial charge is 0.146 e. The molecular formula is C16H21ClFN3. The van der Waals surface area contributed by atoms with Crippen LogP contribution in [0.15, 0.2) is 24.3 Å². The van der Waals surface area contributed by atoms with Crippen LogP contribution in [0.3, 0.4) is 0 Å². The number of aryl methyl sites for hydroxylation is 2. The van der Waals surface area contributed by atoms with E-state index < -0.39 is 0 Å². The normalized spacial score (nSPS) is 12.6. The van der Waals surface area contributed by atoms with Gasteiger partial charge >= 0.3 is 0 Å². The third kappa shape index (κ3) is 3.63. The topological polar surface area (TPSA) is 29.9 Å². The summed E-state index contributed by atoms with van der Waals surface area (Å²) in [5, 5.41) is 7.94. The van der Waals surface area contributed by atoms with Gasteiger partial charge in [-0.1, -0.05) is 37.6 Å². The molecule has 0 bridgehead atoms. The third-order valence-electron chi connectivity index (χ3n) is 3.61. The monoisotopic (exact) mass is 309 g/mol. The van der Waals surface area contributed by atoms with E-state index >= 15 is 0 Å². The minimum atomic E-state index is -0.344. The summed E-state index contributed by atoms with van der Waals surface area (Å²) in [6.07, 6.45) is 1.57. The van der Waals surface area contributed by atoms with E-state index in [1.165, 1.54) is 0 Å². The number of benzene rings is 1. The molecule has 1 unspecified atom stereocenters. The Morgan fingerprint density at radius 3 is 2.76 bits per heavy atom. The number of hydrogen-bond donors (Lipinski definition) is 1. The summed E-state index contributed by atoms with van der Waals surface area (Å²) in [6.45, 7) is 4.84. The first-order valence-electron chi connectivity index (χ1n) is 7.25. The Hall–Kier alpha value is -1.39. The van der Waals surface area contributed by atoms with Crippen LogP contribution < -0.4 is 5.32 Å². The van der Waals surface area contributed by atoms with Crippen molar-refractivity contribution in [2.45, 2.75) is 32.7 Å². The Kier molecular flexibility index (Phi) is 5.37. The first kappa shape index (κ1) is 16.0. The number of aromatic nitrogens is 2. The number of nitrogens with zero attached hydrogens (tertiary/aromatic N) is 2. The lowest BCUT2D eigenvalue weighted by atomic mass is 10.0. The molecule has 2 rings (SSSR count). The van der Waals surface area contributed by atoms with E-state index in [9.17, 15) is 4.39 Å². The summed E-state index contributed by atoms with van der Waals surface area (Å²) < 4.78 is 16.1. The van der Waals surface area contributed by atoms with E-state index in [1.807, 2.05) is 18.7 Å². The summed E-state index contributed by atoms with van der Waals surface area (Å²) in [6, 6.07) is 7.10. The summed E-state index contributed by atoms with van der Waals surface area (Å²) in [7, 11) is 1.92. The van der Waals surface area contributed by atoms with Gasteiger partial charge in [0.15, 0.2) is 0 Å². The van der Waals surface area contributed by atoms with E-state index in [4.69, 9.17) is 11.6 Å². The molecule has 0 saturated carbocycles. The van der Waals surface area contributed by atoms with Crippen LogP contribution in [0.5, 0.6) is 0 Å². The molecule has 2 aromatic rings. The van der Waals surface area contributed by atoms with Gasteiger partial charge in [-0.3, -0.25) is 4.68 Å². The maximum absolute atomic E-state index is 14.3. The molecule has 0 saturated heterocycles. The lowest BCUT2D eigenvalue weighted by Crippen LogP contribution is -2.25. The summed E-state index contributed by atoms with van der Waals surface area (Å²) in [5.74, 6) is -0.344. The third-order valence-corrected chi connectivity index (χ3v) is 3.90. The average Bonchev–Trinajstić information content (AvgIpc) is 2.82. The van der Waals surface area contributed by atoms with Gasteiger partial charge in [0.05, 0.1) is 10.7 Å². The van der Waals surface area contributed by atoms with Crippen molar-refractivity contribution in [1.82, 2.24) is 15.1 Å². The van der Waals surface area contributed by atoms with Crippen LogP contribution in [0.25, 0.3) is 0 Å². The van der Waals surface area contributed by atoms with Crippen molar-refractivity contribution in [2.75, 3.05) is 6.54 Å². The van der Waals surface area contributed by atoms with Crippen molar-refractivity contribution in [3.8, 4) is 0 Å². The second kappa shape index (κ2) is 7.05. The lowest BCUT2D eigenvalue weighted by Gasteiger charge is -2.19. The molecule has 0 radical (unpaired) electrons. The maximum Gasteiger partial charge on any atom is 0.146 e. The van der Waals surface area contributed by atoms with Crippen molar-refractivity contribution in [2.24, 2.45) is 7.05 Å². The van der Waals surface area contributed by atoms with Gasteiger partial charge in [0.2, 0.25) is 0 Å². The van der Waals surface area contributed by atoms with Gasteiger partial charge in [0, 0.05) is 30.8 Å². The maximum atomic E-state index is 14.3. The molecule has 5 heteroatoms. The SMILES string of the molecule is CCNC(Cc1cc(CC)nn1C)c1cccc(Cl)c1F. The van der Waals surface area contributed by atoms with Crippen LogP contribution in [-0.4, -0.2) is 16.3 Å². The van der Waals surface area contributed by atoms with E-state index in [0.717, 1.165) is 24.4 Å². The molecule has 0 amide bonds. The highest BCUT2D eigenvalue weighted by Gasteiger charge is 2.19. The fraction of sp³-hybridized carbons (Fsp3) is 0.438. The van der Waals surface area contributed by atoms with Crippen LogP contribution >= 0.6 is 11.6 Å². The molecule has 114 valence electrons. The van der Waals surface area contributed by atoms with Gasteiger partial charge in [-0.15, -0.1) is 0 Å². The predicted octanol–water partition coefficient (Wildman–Crippen LogP) is 3.67. The first-order valence-corrected chi connectivity index (χ1v) is 7.63. The Morgan fingerprint density at radius 2 is 2.14 bits per heavy atom. The number of halogens is 2. The van der Waals surface area contributed by atoms with Crippen LogP contribution in [-0.2, 0) is 19.9 Å².